The van der Waals surface area contributed by atoms with Crippen LogP contribution in [-0.4, -0.2) is 23.8 Å². The van der Waals surface area contributed by atoms with E-state index in [1.54, 1.807) is 0 Å². The maximum Gasteiger partial charge on any atom is 0.0431 e. The van der Waals surface area contributed by atoms with Crippen LogP contribution in [0.4, 0.5) is 0 Å². The summed E-state index contributed by atoms with van der Waals surface area (Å²) < 4.78 is 0. The van der Waals surface area contributed by atoms with E-state index in [1.807, 2.05) is 0 Å². The topological polar surface area (TPSA) is 32.3 Å². The molecule has 1 rings (SSSR count). The molecule has 0 aromatic rings. The number of hydrogen-bond donors (Lipinski definition) is 2. The highest BCUT2D eigenvalue weighted by Gasteiger charge is 2.18. The van der Waals surface area contributed by atoms with E-state index in [2.05, 4.69) is 48.7 Å². The Balaban J connectivity index is 2.13. The van der Waals surface area contributed by atoms with Crippen molar-refractivity contribution in [1.29, 1.82) is 0 Å². The van der Waals surface area contributed by atoms with E-state index in [0.29, 0.717) is 18.7 Å². The second kappa shape index (κ2) is 13.8. The van der Waals surface area contributed by atoms with Crippen LogP contribution < -0.4 is 5.32 Å². The van der Waals surface area contributed by atoms with E-state index in [4.69, 9.17) is 5.11 Å². The van der Waals surface area contributed by atoms with Gasteiger partial charge < -0.3 is 10.4 Å². The Bertz CT molecular complexity index is 333. The van der Waals surface area contributed by atoms with Gasteiger partial charge in [-0.3, -0.25) is 0 Å². The monoisotopic (exact) mass is 305 g/mol. The minimum absolute atomic E-state index is 0.328. The SMILES string of the molecule is CCCC=CCCC=CC=C[C@@H]1CCC[C@H](CCCCO)N1. The predicted octanol–water partition coefficient (Wildman–Crippen LogP) is 4.91. The number of hydrogen-bond acceptors (Lipinski definition) is 2. The minimum atomic E-state index is 0.328. The van der Waals surface area contributed by atoms with Gasteiger partial charge in [-0.25, -0.2) is 0 Å². The summed E-state index contributed by atoms with van der Waals surface area (Å²) in [6.45, 7) is 2.54. The van der Waals surface area contributed by atoms with Crippen LogP contribution in [0.1, 0.15) is 71.1 Å². The van der Waals surface area contributed by atoms with Gasteiger partial charge in [0, 0.05) is 18.7 Å². The molecule has 0 aromatic heterocycles. The zero-order valence-electron chi connectivity index (χ0n) is 14.3. The molecule has 0 aromatic carbocycles. The van der Waals surface area contributed by atoms with Crippen molar-refractivity contribution in [3.63, 3.8) is 0 Å². The highest BCUT2D eigenvalue weighted by molar-refractivity contribution is 5.07. The highest BCUT2D eigenvalue weighted by atomic mass is 16.2. The number of piperidine rings is 1. The number of nitrogens with one attached hydrogen (secondary N) is 1. The number of aliphatic hydroxyl groups excluding tert-OH is 1. The molecule has 0 aliphatic carbocycles. The van der Waals surface area contributed by atoms with Crippen LogP contribution >= 0.6 is 0 Å². The number of aliphatic hydroxyl groups is 1. The first-order chi connectivity index (χ1) is 10.9. The molecular weight excluding hydrogens is 270 g/mol. The van der Waals surface area contributed by atoms with Gasteiger partial charge in [0.1, 0.15) is 0 Å². The molecule has 126 valence electrons. The average Bonchev–Trinajstić information content (AvgIpc) is 2.54. The summed E-state index contributed by atoms with van der Waals surface area (Å²) in [6.07, 6.45) is 25.4. The Kier molecular flexibility index (Phi) is 12.0. The molecule has 0 spiro atoms. The van der Waals surface area contributed by atoms with Gasteiger partial charge in [-0.1, -0.05) is 56.2 Å². The summed E-state index contributed by atoms with van der Waals surface area (Å²) in [6, 6.07) is 1.17. The number of allylic oxidation sites excluding steroid dienone is 5. The fourth-order valence-electron chi connectivity index (χ4n) is 2.90. The Morgan fingerprint density at radius 3 is 2.64 bits per heavy atom. The van der Waals surface area contributed by atoms with Crippen LogP contribution in [0.3, 0.4) is 0 Å². The van der Waals surface area contributed by atoms with Crippen molar-refractivity contribution < 1.29 is 5.11 Å². The first-order valence-electron chi connectivity index (χ1n) is 9.22. The molecule has 2 N–H and O–H groups in total. The maximum absolute atomic E-state index is 8.85. The number of unbranched alkanes of at least 4 members (excludes halogenated alkanes) is 3. The summed E-state index contributed by atoms with van der Waals surface area (Å²) in [5.41, 5.74) is 0. The molecule has 2 atom stereocenters. The summed E-state index contributed by atoms with van der Waals surface area (Å²) in [5, 5.41) is 12.6. The fourth-order valence-corrected chi connectivity index (χ4v) is 2.90. The maximum atomic E-state index is 8.85. The van der Waals surface area contributed by atoms with E-state index in [9.17, 15) is 0 Å². The Hall–Kier alpha value is -0.860. The molecule has 1 aliphatic rings. The molecule has 0 unspecified atom stereocenters. The zero-order chi connectivity index (χ0) is 15.9. The summed E-state index contributed by atoms with van der Waals surface area (Å²) in [5.74, 6) is 0. The Morgan fingerprint density at radius 1 is 1.00 bits per heavy atom. The minimum Gasteiger partial charge on any atom is -0.396 e. The van der Waals surface area contributed by atoms with Crippen LogP contribution in [0, 0.1) is 0 Å². The molecule has 0 radical (unpaired) electrons. The van der Waals surface area contributed by atoms with Gasteiger partial charge in [0.05, 0.1) is 0 Å². The standard InChI is InChI=1S/C20H35NO/c1-2-3-4-5-6-7-8-9-10-14-19-16-13-17-20(21-19)15-11-12-18-22/h4-5,8-10,14,19-22H,2-3,6-7,11-13,15-18H2,1H3/t19-,20+/m1/s1. The first kappa shape index (κ1) is 19.2. The molecular formula is C20H35NO. The molecule has 1 heterocycles. The van der Waals surface area contributed by atoms with Crippen molar-refractivity contribution >= 4 is 0 Å². The van der Waals surface area contributed by atoms with Crippen molar-refractivity contribution in [3.05, 3.63) is 36.5 Å². The second-order valence-electron chi connectivity index (χ2n) is 6.27. The predicted molar refractivity (Wildman–Crippen MR) is 97.1 cm³/mol. The lowest BCUT2D eigenvalue weighted by molar-refractivity contribution is 0.271. The quantitative estimate of drug-likeness (QED) is 0.323. The molecule has 1 aliphatic heterocycles. The smallest absolute Gasteiger partial charge is 0.0431 e. The lowest BCUT2D eigenvalue weighted by atomic mass is 9.95. The lowest BCUT2D eigenvalue weighted by Crippen LogP contribution is -2.41. The Labute approximate surface area is 137 Å². The van der Waals surface area contributed by atoms with Crippen LogP contribution in [-0.2, 0) is 0 Å². The normalized spacial score (nSPS) is 23.2. The third kappa shape index (κ3) is 9.97. The highest BCUT2D eigenvalue weighted by Crippen LogP contribution is 2.17. The van der Waals surface area contributed by atoms with E-state index < -0.39 is 0 Å². The average molecular weight is 306 g/mol. The third-order valence-electron chi connectivity index (χ3n) is 4.19. The number of rotatable bonds is 11. The summed E-state index contributed by atoms with van der Waals surface area (Å²) in [4.78, 5) is 0. The van der Waals surface area contributed by atoms with Crippen molar-refractivity contribution in [2.75, 3.05) is 6.61 Å². The Morgan fingerprint density at radius 2 is 1.82 bits per heavy atom. The molecule has 0 bridgehead atoms. The van der Waals surface area contributed by atoms with E-state index in [1.165, 1.54) is 38.5 Å². The molecule has 22 heavy (non-hydrogen) atoms. The van der Waals surface area contributed by atoms with Gasteiger partial charge in [-0.2, -0.15) is 0 Å². The van der Waals surface area contributed by atoms with Gasteiger partial charge in [0.2, 0.25) is 0 Å². The molecule has 2 heteroatoms. The van der Waals surface area contributed by atoms with Gasteiger partial charge >= 0.3 is 0 Å². The van der Waals surface area contributed by atoms with Gasteiger partial charge in [-0.15, -0.1) is 0 Å². The zero-order valence-corrected chi connectivity index (χ0v) is 14.3. The fraction of sp³-hybridized carbons (Fsp3) is 0.700. The van der Waals surface area contributed by atoms with Crippen molar-refractivity contribution in [2.24, 2.45) is 0 Å². The van der Waals surface area contributed by atoms with Gasteiger partial charge in [0.15, 0.2) is 0 Å². The summed E-state index contributed by atoms with van der Waals surface area (Å²) >= 11 is 0. The third-order valence-corrected chi connectivity index (χ3v) is 4.19. The second-order valence-corrected chi connectivity index (χ2v) is 6.27. The molecule has 2 nitrogen and oxygen atoms in total. The van der Waals surface area contributed by atoms with Crippen molar-refractivity contribution in [3.8, 4) is 0 Å². The van der Waals surface area contributed by atoms with Crippen LogP contribution in [0.15, 0.2) is 36.5 Å². The molecule has 1 fully saturated rings. The largest absolute Gasteiger partial charge is 0.396 e. The van der Waals surface area contributed by atoms with Crippen molar-refractivity contribution in [2.45, 2.75) is 83.2 Å². The molecule has 0 saturated carbocycles. The first-order valence-corrected chi connectivity index (χ1v) is 9.22. The molecule has 0 amide bonds. The van der Waals surface area contributed by atoms with Gasteiger partial charge in [0.25, 0.3) is 0 Å². The molecule has 1 saturated heterocycles. The van der Waals surface area contributed by atoms with Crippen LogP contribution in [0.2, 0.25) is 0 Å². The summed E-state index contributed by atoms with van der Waals surface area (Å²) in [7, 11) is 0. The van der Waals surface area contributed by atoms with Crippen molar-refractivity contribution in [1.82, 2.24) is 5.32 Å². The van der Waals surface area contributed by atoms with E-state index in [0.717, 1.165) is 25.7 Å². The van der Waals surface area contributed by atoms with E-state index in [-0.39, 0.29) is 0 Å². The lowest BCUT2D eigenvalue weighted by Gasteiger charge is -2.29. The van der Waals surface area contributed by atoms with E-state index >= 15 is 0 Å². The van der Waals surface area contributed by atoms with Gasteiger partial charge in [-0.05, 0) is 51.4 Å². The van der Waals surface area contributed by atoms with Crippen LogP contribution in [0.25, 0.3) is 0 Å². The van der Waals surface area contributed by atoms with Crippen LogP contribution in [0.5, 0.6) is 0 Å².